The fourth-order valence-electron chi connectivity index (χ4n) is 4.47. The minimum atomic E-state index is -0.845. The van der Waals surface area contributed by atoms with Gasteiger partial charge in [0.05, 0.1) is 17.0 Å². The lowest BCUT2D eigenvalue weighted by atomic mass is 9.87. The Kier molecular flexibility index (Phi) is 4.80. The molecule has 8 nitrogen and oxygen atoms in total. The van der Waals surface area contributed by atoms with Crippen LogP contribution in [0.15, 0.2) is 24.3 Å². The van der Waals surface area contributed by atoms with Gasteiger partial charge in [0.2, 0.25) is 5.91 Å². The highest BCUT2D eigenvalue weighted by Gasteiger charge is 2.51. The second-order valence-electron chi connectivity index (χ2n) is 8.08. The first-order valence-corrected chi connectivity index (χ1v) is 10.2. The molecule has 4 amide bonds. The van der Waals surface area contributed by atoms with Gasteiger partial charge in [0.1, 0.15) is 11.4 Å². The first kappa shape index (κ1) is 19.4. The number of nitrogens with one attached hydrogen (secondary N) is 1. The summed E-state index contributed by atoms with van der Waals surface area (Å²) >= 11 is 0. The summed E-state index contributed by atoms with van der Waals surface area (Å²) < 4.78 is 2.14. The van der Waals surface area contributed by atoms with Crippen molar-refractivity contribution >= 4 is 28.9 Å². The van der Waals surface area contributed by atoms with Gasteiger partial charge < -0.3 is 14.8 Å². The standard InChI is InChI=1S/C21H27N5O3/c1-4-17-22-15-7-5-6-8-16(15)26(17)13-14(2)18(27)25-11-9-21(10-12-25)19(28)24(3)20(29)23-21/h5-8,14H,4,9-13H2,1-3H3,(H,23,29). The van der Waals surface area contributed by atoms with Gasteiger partial charge in [-0.05, 0) is 25.0 Å². The number of nitrogens with zero attached hydrogens (tertiary/aromatic N) is 4. The number of benzene rings is 1. The summed E-state index contributed by atoms with van der Waals surface area (Å²) in [5.74, 6) is 0.652. The number of imidazole rings is 1. The van der Waals surface area contributed by atoms with Crippen molar-refractivity contribution in [3.05, 3.63) is 30.1 Å². The number of likely N-dealkylation sites (N-methyl/N-ethyl adjacent to an activating group) is 1. The predicted octanol–water partition coefficient (Wildman–Crippen LogP) is 1.78. The van der Waals surface area contributed by atoms with Crippen molar-refractivity contribution in [1.82, 2.24) is 24.7 Å². The highest BCUT2D eigenvalue weighted by Crippen LogP contribution is 2.29. The van der Waals surface area contributed by atoms with Gasteiger partial charge in [-0.2, -0.15) is 0 Å². The number of hydrogen-bond acceptors (Lipinski definition) is 4. The van der Waals surface area contributed by atoms with Crippen LogP contribution in [0.5, 0.6) is 0 Å². The molecule has 2 aromatic rings. The van der Waals surface area contributed by atoms with Crippen LogP contribution in [0.4, 0.5) is 4.79 Å². The summed E-state index contributed by atoms with van der Waals surface area (Å²) in [5, 5.41) is 2.82. The average molecular weight is 397 g/mol. The molecule has 2 saturated heterocycles. The van der Waals surface area contributed by atoms with Crippen molar-refractivity contribution < 1.29 is 14.4 Å². The monoisotopic (exact) mass is 397 g/mol. The fourth-order valence-corrected chi connectivity index (χ4v) is 4.47. The second-order valence-corrected chi connectivity index (χ2v) is 8.08. The molecule has 1 N–H and O–H groups in total. The van der Waals surface area contributed by atoms with Gasteiger partial charge in [-0.25, -0.2) is 9.78 Å². The van der Waals surface area contributed by atoms with E-state index in [9.17, 15) is 14.4 Å². The van der Waals surface area contributed by atoms with Gasteiger partial charge in [-0.1, -0.05) is 26.0 Å². The number of likely N-dealkylation sites (tertiary alicyclic amines) is 1. The lowest BCUT2D eigenvalue weighted by molar-refractivity contribution is -0.140. The number of hydrogen-bond donors (Lipinski definition) is 1. The predicted molar refractivity (Wildman–Crippen MR) is 108 cm³/mol. The van der Waals surface area contributed by atoms with Crippen molar-refractivity contribution in [3.8, 4) is 0 Å². The Hall–Kier alpha value is -2.90. The van der Waals surface area contributed by atoms with Gasteiger partial charge in [0.15, 0.2) is 0 Å². The number of piperidine rings is 1. The van der Waals surface area contributed by atoms with Crippen molar-refractivity contribution in [2.75, 3.05) is 20.1 Å². The molecule has 154 valence electrons. The topological polar surface area (TPSA) is 87.5 Å². The molecular formula is C21H27N5O3. The molecule has 1 atom stereocenters. The van der Waals surface area contributed by atoms with E-state index < -0.39 is 5.54 Å². The zero-order valence-corrected chi connectivity index (χ0v) is 17.1. The SMILES string of the molecule is CCc1nc2ccccc2n1CC(C)C(=O)N1CCC2(CC1)NC(=O)N(C)C2=O. The largest absolute Gasteiger partial charge is 0.342 e. The third-order valence-electron chi connectivity index (χ3n) is 6.22. The molecule has 4 rings (SSSR count). The van der Waals surface area contributed by atoms with Crippen LogP contribution in [0.25, 0.3) is 11.0 Å². The number of fused-ring (bicyclic) bond motifs is 1. The van der Waals surface area contributed by atoms with Crippen LogP contribution in [-0.2, 0) is 22.6 Å². The molecule has 1 unspecified atom stereocenters. The number of carbonyl (C=O) groups excluding carboxylic acids is 3. The number of para-hydroxylation sites is 2. The molecule has 2 aliphatic rings. The summed E-state index contributed by atoms with van der Waals surface area (Å²) in [5.41, 5.74) is 1.15. The normalized spacial score (nSPS) is 19.8. The minimum Gasteiger partial charge on any atom is -0.342 e. The van der Waals surface area contributed by atoms with E-state index in [0.29, 0.717) is 32.5 Å². The summed E-state index contributed by atoms with van der Waals surface area (Å²) in [7, 11) is 1.49. The maximum Gasteiger partial charge on any atom is 0.324 e. The Bertz CT molecular complexity index is 974. The van der Waals surface area contributed by atoms with E-state index >= 15 is 0 Å². The number of imide groups is 1. The first-order valence-electron chi connectivity index (χ1n) is 10.2. The van der Waals surface area contributed by atoms with E-state index in [4.69, 9.17) is 0 Å². The number of aromatic nitrogens is 2. The van der Waals surface area contributed by atoms with Crippen LogP contribution < -0.4 is 5.32 Å². The van der Waals surface area contributed by atoms with E-state index in [1.165, 1.54) is 7.05 Å². The molecule has 1 aromatic carbocycles. The van der Waals surface area contributed by atoms with Crippen LogP contribution in [0.2, 0.25) is 0 Å². The van der Waals surface area contributed by atoms with E-state index in [2.05, 4.69) is 21.8 Å². The van der Waals surface area contributed by atoms with Crippen LogP contribution in [-0.4, -0.2) is 62.9 Å². The first-order chi connectivity index (χ1) is 13.9. The molecule has 0 saturated carbocycles. The third-order valence-corrected chi connectivity index (χ3v) is 6.22. The molecule has 0 aliphatic carbocycles. The number of urea groups is 1. The van der Waals surface area contributed by atoms with Crippen molar-refractivity contribution in [2.24, 2.45) is 5.92 Å². The summed E-state index contributed by atoms with van der Waals surface area (Å²) in [6.45, 7) is 5.51. The van der Waals surface area contributed by atoms with Crippen LogP contribution in [0, 0.1) is 5.92 Å². The Morgan fingerprint density at radius 1 is 1.24 bits per heavy atom. The van der Waals surface area contributed by atoms with Crippen LogP contribution in [0.1, 0.15) is 32.5 Å². The van der Waals surface area contributed by atoms with Crippen molar-refractivity contribution in [2.45, 2.75) is 45.2 Å². The van der Waals surface area contributed by atoms with Gasteiger partial charge in [0, 0.05) is 33.1 Å². The van der Waals surface area contributed by atoms with Crippen LogP contribution >= 0.6 is 0 Å². The molecule has 8 heteroatoms. The van der Waals surface area contributed by atoms with Gasteiger partial charge in [0.25, 0.3) is 5.91 Å². The highest BCUT2D eigenvalue weighted by atomic mass is 16.2. The summed E-state index contributed by atoms with van der Waals surface area (Å²) in [6.07, 6.45) is 1.71. The molecular weight excluding hydrogens is 370 g/mol. The minimum absolute atomic E-state index is 0.0739. The molecule has 1 aromatic heterocycles. The Morgan fingerprint density at radius 3 is 2.55 bits per heavy atom. The molecule has 0 bridgehead atoms. The molecule has 1 spiro atoms. The Morgan fingerprint density at radius 2 is 1.93 bits per heavy atom. The smallest absolute Gasteiger partial charge is 0.324 e. The number of amides is 4. The van der Waals surface area contributed by atoms with E-state index in [0.717, 1.165) is 28.2 Å². The number of rotatable bonds is 4. The molecule has 2 aliphatic heterocycles. The van der Waals surface area contributed by atoms with Gasteiger partial charge >= 0.3 is 6.03 Å². The third kappa shape index (κ3) is 3.16. The maximum atomic E-state index is 13.1. The maximum absolute atomic E-state index is 13.1. The molecule has 0 radical (unpaired) electrons. The van der Waals surface area contributed by atoms with Gasteiger partial charge in [-0.15, -0.1) is 0 Å². The van der Waals surface area contributed by atoms with Crippen LogP contribution in [0.3, 0.4) is 0 Å². The van der Waals surface area contributed by atoms with E-state index in [1.807, 2.05) is 36.1 Å². The fraction of sp³-hybridized carbons (Fsp3) is 0.524. The summed E-state index contributed by atoms with van der Waals surface area (Å²) in [4.78, 5) is 45.0. The van der Waals surface area contributed by atoms with E-state index in [1.54, 1.807) is 0 Å². The van der Waals surface area contributed by atoms with E-state index in [-0.39, 0.29) is 23.8 Å². The number of aryl methyl sites for hydroxylation is 1. The zero-order valence-electron chi connectivity index (χ0n) is 17.1. The quantitative estimate of drug-likeness (QED) is 0.797. The Balaban J connectivity index is 1.45. The van der Waals surface area contributed by atoms with Crippen molar-refractivity contribution in [3.63, 3.8) is 0 Å². The lowest BCUT2D eigenvalue weighted by Gasteiger charge is -2.38. The number of carbonyl (C=O) groups is 3. The highest BCUT2D eigenvalue weighted by molar-refractivity contribution is 6.06. The van der Waals surface area contributed by atoms with Crippen molar-refractivity contribution in [1.29, 1.82) is 0 Å². The second kappa shape index (κ2) is 7.17. The Labute approximate surface area is 169 Å². The zero-order chi connectivity index (χ0) is 20.8. The summed E-state index contributed by atoms with van der Waals surface area (Å²) in [6, 6.07) is 7.63. The molecule has 3 heterocycles. The lowest BCUT2D eigenvalue weighted by Crippen LogP contribution is -2.56. The van der Waals surface area contributed by atoms with Gasteiger partial charge in [-0.3, -0.25) is 14.5 Å². The molecule has 29 heavy (non-hydrogen) atoms. The average Bonchev–Trinajstić information content (AvgIpc) is 3.19. The molecule has 2 fully saturated rings.